The molecule has 0 spiro atoms. The molecule has 0 saturated carbocycles. The third-order valence-corrected chi connectivity index (χ3v) is 1.20. The first-order chi connectivity index (χ1) is 4.54. The fraction of sp³-hybridized carbons (Fsp3) is 1.00. The zero-order valence-electron chi connectivity index (χ0n) is 4.70. The average molecular weight is 335 g/mol. The number of hydrogen-bond donors (Lipinski definition) is 0. The maximum atomic E-state index is 9.24. The molecule has 2 unspecified atom stereocenters. The molecule has 11 heavy (non-hydrogen) atoms. The Morgan fingerprint density at radius 1 is 1.18 bits per heavy atom. The second-order valence-corrected chi connectivity index (χ2v) is 2.99. The Labute approximate surface area is 90.4 Å². The minimum atomic E-state index is -3.24. The van der Waals surface area contributed by atoms with E-state index < -0.39 is 16.5 Å². The summed E-state index contributed by atoms with van der Waals surface area (Å²) in [5.74, 6) is 0. The first kappa shape index (κ1) is 18.2. The molecule has 0 aromatic heterocycles. The third kappa shape index (κ3) is 34.5. The van der Waals surface area contributed by atoms with Crippen molar-refractivity contribution in [2.45, 2.75) is 0 Å². The standard InChI is InChI=1S/CH2Cl2.Ag.O5P2/c2-1-3;;1-6(2)5-7(3)4/h1H2;;. The first-order valence-corrected chi connectivity index (χ1v) is 4.89. The van der Waals surface area contributed by atoms with E-state index in [0.717, 1.165) is 0 Å². The van der Waals surface area contributed by atoms with Crippen molar-refractivity contribution in [1.82, 2.24) is 0 Å². The summed E-state index contributed by atoms with van der Waals surface area (Å²) in [7, 11) is -6.47. The molecule has 0 aliphatic carbocycles. The molecule has 0 saturated heterocycles. The summed E-state index contributed by atoms with van der Waals surface area (Å²) in [6.45, 7) is 0. The van der Waals surface area contributed by atoms with Crippen LogP contribution in [0, 0.1) is 0 Å². The molecule has 10 heteroatoms. The average Bonchev–Trinajstić information content (AvgIpc) is 1.62. The van der Waals surface area contributed by atoms with Crippen LogP contribution in [0.2, 0.25) is 0 Å². The molecule has 0 N–H and O–H groups in total. The molecule has 0 heterocycles. The summed E-state index contributed by atoms with van der Waals surface area (Å²) in [4.78, 5) is 18.5. The smallest absolute Gasteiger partial charge is 0.543 e. The summed E-state index contributed by atoms with van der Waals surface area (Å²) in [6.07, 6.45) is 0. The van der Waals surface area contributed by atoms with Crippen LogP contribution >= 0.6 is 39.7 Å². The SMILES string of the molecule is ClCCl.O=[P+]([O-])O[P+](=O)[O-].[Ag]. The van der Waals surface area contributed by atoms with Crippen molar-refractivity contribution in [2.24, 2.45) is 0 Å². The third-order valence-electron chi connectivity index (χ3n) is 0.133. The zero-order valence-corrected chi connectivity index (χ0v) is 9.48. The van der Waals surface area contributed by atoms with Crippen molar-refractivity contribution < 1.29 is 45.6 Å². The minimum absolute atomic E-state index is 0. The van der Waals surface area contributed by atoms with Crippen molar-refractivity contribution in [3.05, 3.63) is 0 Å². The number of alkyl halides is 2. The molecule has 0 aliphatic heterocycles. The van der Waals surface area contributed by atoms with E-state index in [1.54, 1.807) is 0 Å². The van der Waals surface area contributed by atoms with Crippen LogP contribution in [-0.2, 0) is 35.8 Å². The topological polar surface area (TPSA) is 89.5 Å². The van der Waals surface area contributed by atoms with Gasteiger partial charge in [-0.15, -0.1) is 23.2 Å². The molecule has 5 nitrogen and oxygen atoms in total. The van der Waals surface area contributed by atoms with Crippen molar-refractivity contribution in [2.75, 3.05) is 5.34 Å². The predicted molar refractivity (Wildman–Crippen MR) is 32.9 cm³/mol. The first-order valence-electron chi connectivity index (χ1n) is 1.63. The molecule has 0 amide bonds. The predicted octanol–water partition coefficient (Wildman–Crippen LogP) is 0.457. The summed E-state index contributed by atoms with van der Waals surface area (Å²) in [5, 5.41) is 0.194. The van der Waals surface area contributed by atoms with Crippen LogP contribution in [0.5, 0.6) is 0 Å². The van der Waals surface area contributed by atoms with Gasteiger partial charge in [0.1, 0.15) is 4.31 Å². The summed E-state index contributed by atoms with van der Waals surface area (Å²) < 4.78 is 21.6. The van der Waals surface area contributed by atoms with E-state index in [1.165, 1.54) is 0 Å². The van der Waals surface area contributed by atoms with E-state index in [9.17, 15) is 18.9 Å². The van der Waals surface area contributed by atoms with Crippen molar-refractivity contribution in [3.63, 3.8) is 0 Å². The number of rotatable bonds is 2. The second kappa shape index (κ2) is 14.0. The molecule has 1 radical (unpaired) electrons. The van der Waals surface area contributed by atoms with Crippen LogP contribution in [0.25, 0.3) is 0 Å². The van der Waals surface area contributed by atoms with E-state index in [4.69, 9.17) is 23.2 Å². The van der Waals surface area contributed by atoms with Crippen LogP contribution in [0.4, 0.5) is 0 Å². The monoisotopic (exact) mass is 333 g/mol. The van der Waals surface area contributed by atoms with E-state index in [0.29, 0.717) is 0 Å². The van der Waals surface area contributed by atoms with Gasteiger partial charge in [-0.05, 0) is 9.13 Å². The minimum Gasteiger partial charge on any atom is -0.563 e. The van der Waals surface area contributed by atoms with Crippen molar-refractivity contribution in [3.8, 4) is 0 Å². The van der Waals surface area contributed by atoms with Gasteiger partial charge < -0.3 is 9.79 Å². The fourth-order valence-electron chi connectivity index (χ4n) is 0.0544. The molecule has 0 fully saturated rings. The van der Waals surface area contributed by atoms with Crippen molar-refractivity contribution in [1.29, 1.82) is 0 Å². The van der Waals surface area contributed by atoms with Gasteiger partial charge in [0.2, 0.25) is 0 Å². The largest absolute Gasteiger partial charge is 0.563 e. The van der Waals surface area contributed by atoms with Gasteiger partial charge >= 0.3 is 16.5 Å². The van der Waals surface area contributed by atoms with Crippen LogP contribution in [-0.4, -0.2) is 5.34 Å². The Balaban J connectivity index is -0.000000140. The molecule has 2 atom stereocenters. The Morgan fingerprint density at radius 2 is 1.36 bits per heavy atom. The molecular weight excluding hydrogens is 333 g/mol. The van der Waals surface area contributed by atoms with Gasteiger partial charge in [-0.3, -0.25) is 0 Å². The Bertz CT molecular complexity index is 109. The zero-order chi connectivity index (χ0) is 8.57. The van der Waals surface area contributed by atoms with E-state index >= 15 is 0 Å². The summed E-state index contributed by atoms with van der Waals surface area (Å²) in [6, 6.07) is 0. The van der Waals surface area contributed by atoms with Gasteiger partial charge in [0.25, 0.3) is 0 Å². The molecule has 0 aromatic rings. The maximum Gasteiger partial charge on any atom is 0.543 e. The quantitative estimate of drug-likeness (QED) is 0.416. The van der Waals surface area contributed by atoms with Gasteiger partial charge in [-0.1, -0.05) is 0 Å². The van der Waals surface area contributed by atoms with Gasteiger partial charge in [-0.2, -0.15) is 0 Å². The van der Waals surface area contributed by atoms with Crippen LogP contribution in [0.15, 0.2) is 0 Å². The summed E-state index contributed by atoms with van der Waals surface area (Å²) >= 11 is 9.53. The Kier molecular flexibility index (Phi) is 23.1. The normalized spacial score (nSPS) is 10.2. The number of hydrogen-bond acceptors (Lipinski definition) is 5. The van der Waals surface area contributed by atoms with Crippen LogP contribution < -0.4 is 9.79 Å². The molecule has 71 valence electrons. The molecule has 0 rings (SSSR count). The summed E-state index contributed by atoms with van der Waals surface area (Å²) in [5.41, 5.74) is 0. The fourth-order valence-corrected chi connectivity index (χ4v) is 0.490. The molecule has 0 aromatic carbocycles. The van der Waals surface area contributed by atoms with E-state index in [2.05, 4.69) is 4.31 Å². The van der Waals surface area contributed by atoms with Gasteiger partial charge in [0, 0.05) is 22.4 Å². The van der Waals surface area contributed by atoms with Gasteiger partial charge in [0.15, 0.2) is 0 Å². The van der Waals surface area contributed by atoms with Gasteiger partial charge in [0.05, 0.1) is 5.34 Å². The Hall–Kier alpha value is 1.40. The van der Waals surface area contributed by atoms with E-state index in [1.807, 2.05) is 0 Å². The van der Waals surface area contributed by atoms with Crippen LogP contribution in [0.1, 0.15) is 0 Å². The second-order valence-electron chi connectivity index (χ2n) is 0.630. The number of halogens is 2. The molecule has 0 bridgehead atoms. The maximum absolute atomic E-state index is 9.24. The van der Waals surface area contributed by atoms with Crippen molar-refractivity contribution >= 4 is 39.7 Å². The Morgan fingerprint density at radius 3 is 1.36 bits per heavy atom. The molecular formula is CH2AgCl2O5P2. The molecule has 0 aliphatic rings. The van der Waals surface area contributed by atoms with E-state index in [-0.39, 0.29) is 27.7 Å². The van der Waals surface area contributed by atoms with Crippen LogP contribution in [0.3, 0.4) is 0 Å². The van der Waals surface area contributed by atoms with Gasteiger partial charge in [-0.25, -0.2) is 0 Å².